The number of oxazole rings is 1. The van der Waals surface area contributed by atoms with Gasteiger partial charge in [-0.15, -0.1) is 0 Å². The summed E-state index contributed by atoms with van der Waals surface area (Å²) in [6.45, 7) is 1.99. The second kappa shape index (κ2) is 6.43. The van der Waals surface area contributed by atoms with Gasteiger partial charge in [0.2, 0.25) is 0 Å². The first-order valence-corrected chi connectivity index (χ1v) is 6.30. The van der Waals surface area contributed by atoms with Gasteiger partial charge in [-0.2, -0.15) is 0 Å². The lowest BCUT2D eigenvalue weighted by atomic mass is 10.1. The SMILES string of the molecule is CCc1nc(CNC(=O)c2ccc(C(F)F)c(F)c2)co1. The number of rotatable bonds is 5. The van der Waals surface area contributed by atoms with E-state index in [0.29, 0.717) is 18.0 Å². The number of nitrogens with one attached hydrogen (secondary N) is 1. The Labute approximate surface area is 119 Å². The highest BCUT2D eigenvalue weighted by Gasteiger charge is 2.16. The predicted octanol–water partition coefficient (Wildman–Crippen LogP) is 3.24. The van der Waals surface area contributed by atoms with Crippen LogP contribution in [0.5, 0.6) is 0 Å². The summed E-state index contributed by atoms with van der Waals surface area (Å²) in [4.78, 5) is 15.9. The molecule has 0 aliphatic heterocycles. The van der Waals surface area contributed by atoms with E-state index in [1.54, 1.807) is 0 Å². The van der Waals surface area contributed by atoms with Crippen molar-refractivity contribution >= 4 is 5.91 Å². The fraction of sp³-hybridized carbons (Fsp3) is 0.286. The smallest absolute Gasteiger partial charge is 0.266 e. The molecule has 0 aliphatic rings. The molecule has 1 aromatic heterocycles. The number of carbonyl (C=O) groups is 1. The molecular formula is C14H13F3N2O2. The van der Waals surface area contributed by atoms with Crippen molar-refractivity contribution in [1.82, 2.24) is 10.3 Å². The summed E-state index contributed by atoms with van der Waals surface area (Å²) in [6, 6.07) is 2.84. The highest BCUT2D eigenvalue weighted by Crippen LogP contribution is 2.22. The molecule has 0 unspecified atom stereocenters. The van der Waals surface area contributed by atoms with Gasteiger partial charge in [0.25, 0.3) is 12.3 Å². The highest BCUT2D eigenvalue weighted by molar-refractivity contribution is 5.94. The van der Waals surface area contributed by atoms with Crippen molar-refractivity contribution in [3.05, 3.63) is 53.0 Å². The lowest BCUT2D eigenvalue weighted by Gasteiger charge is -2.06. The molecule has 0 radical (unpaired) electrons. The van der Waals surface area contributed by atoms with Gasteiger partial charge in [-0.25, -0.2) is 18.2 Å². The van der Waals surface area contributed by atoms with E-state index in [2.05, 4.69) is 10.3 Å². The minimum absolute atomic E-state index is 0.0314. The standard InChI is InChI=1S/C14H13F3N2O2/c1-2-12-19-9(7-21-12)6-18-14(20)8-3-4-10(13(16)17)11(15)5-8/h3-5,7,13H,2,6H2,1H3,(H,18,20). The third-order valence-corrected chi connectivity index (χ3v) is 2.83. The van der Waals surface area contributed by atoms with Crippen LogP contribution in [0.1, 0.15) is 40.9 Å². The van der Waals surface area contributed by atoms with Gasteiger partial charge < -0.3 is 9.73 Å². The van der Waals surface area contributed by atoms with Crippen molar-refractivity contribution in [3.63, 3.8) is 0 Å². The molecule has 21 heavy (non-hydrogen) atoms. The van der Waals surface area contributed by atoms with Gasteiger partial charge in [-0.3, -0.25) is 4.79 Å². The number of aryl methyl sites for hydroxylation is 1. The van der Waals surface area contributed by atoms with E-state index in [1.807, 2.05) is 6.92 Å². The summed E-state index contributed by atoms with van der Waals surface area (Å²) in [5, 5.41) is 2.51. The Morgan fingerprint density at radius 1 is 1.43 bits per heavy atom. The van der Waals surface area contributed by atoms with Crippen LogP contribution in [0.25, 0.3) is 0 Å². The number of aromatic nitrogens is 1. The van der Waals surface area contributed by atoms with Gasteiger partial charge in [0.15, 0.2) is 5.89 Å². The fourth-order valence-corrected chi connectivity index (χ4v) is 1.71. The van der Waals surface area contributed by atoms with Crippen molar-refractivity contribution < 1.29 is 22.4 Å². The highest BCUT2D eigenvalue weighted by atomic mass is 19.3. The number of amides is 1. The van der Waals surface area contributed by atoms with E-state index in [1.165, 1.54) is 6.26 Å². The van der Waals surface area contributed by atoms with Gasteiger partial charge >= 0.3 is 0 Å². The second-order valence-electron chi connectivity index (χ2n) is 4.31. The largest absolute Gasteiger partial charge is 0.449 e. The maximum absolute atomic E-state index is 13.4. The summed E-state index contributed by atoms with van der Waals surface area (Å²) in [5.41, 5.74) is -0.225. The van der Waals surface area contributed by atoms with E-state index in [-0.39, 0.29) is 12.1 Å². The van der Waals surface area contributed by atoms with Crippen molar-refractivity contribution in [2.45, 2.75) is 26.3 Å². The Morgan fingerprint density at radius 2 is 2.19 bits per heavy atom. The molecule has 0 saturated heterocycles. The molecule has 4 nitrogen and oxygen atoms in total. The quantitative estimate of drug-likeness (QED) is 0.922. The monoisotopic (exact) mass is 298 g/mol. The number of nitrogens with zero attached hydrogens (tertiary/aromatic N) is 1. The fourth-order valence-electron chi connectivity index (χ4n) is 1.71. The van der Waals surface area contributed by atoms with Gasteiger partial charge in [0.05, 0.1) is 17.8 Å². The molecule has 0 atom stereocenters. The molecular weight excluding hydrogens is 285 g/mol. The number of hydrogen-bond acceptors (Lipinski definition) is 3. The molecule has 2 aromatic rings. The van der Waals surface area contributed by atoms with Gasteiger partial charge in [-0.05, 0) is 18.2 Å². The average Bonchev–Trinajstić information content (AvgIpc) is 2.92. The Bertz CT molecular complexity index is 641. The molecule has 7 heteroatoms. The van der Waals surface area contributed by atoms with E-state index >= 15 is 0 Å². The maximum Gasteiger partial charge on any atom is 0.266 e. The summed E-state index contributed by atoms with van der Waals surface area (Å²) in [5.74, 6) is -1.13. The zero-order chi connectivity index (χ0) is 15.4. The number of halogens is 3. The molecule has 1 N–H and O–H groups in total. The molecule has 0 bridgehead atoms. The third kappa shape index (κ3) is 3.62. The van der Waals surface area contributed by atoms with Crippen molar-refractivity contribution in [1.29, 1.82) is 0 Å². The first-order valence-electron chi connectivity index (χ1n) is 6.30. The Morgan fingerprint density at radius 3 is 2.76 bits per heavy atom. The maximum atomic E-state index is 13.4. The lowest BCUT2D eigenvalue weighted by Crippen LogP contribution is -2.23. The molecule has 1 amide bonds. The van der Waals surface area contributed by atoms with Crippen LogP contribution in [0, 0.1) is 5.82 Å². The molecule has 1 aromatic carbocycles. The third-order valence-electron chi connectivity index (χ3n) is 2.83. The van der Waals surface area contributed by atoms with E-state index < -0.39 is 23.7 Å². The number of benzene rings is 1. The summed E-state index contributed by atoms with van der Waals surface area (Å²) < 4.78 is 43.3. The van der Waals surface area contributed by atoms with Crippen LogP contribution >= 0.6 is 0 Å². The van der Waals surface area contributed by atoms with Crippen LogP contribution in [0.3, 0.4) is 0 Å². The van der Waals surface area contributed by atoms with Gasteiger partial charge in [0.1, 0.15) is 12.1 Å². The minimum Gasteiger partial charge on any atom is -0.449 e. The molecule has 0 saturated carbocycles. The second-order valence-corrected chi connectivity index (χ2v) is 4.31. The molecule has 2 rings (SSSR count). The van der Waals surface area contributed by atoms with Crippen LogP contribution in [0.2, 0.25) is 0 Å². The summed E-state index contributed by atoms with van der Waals surface area (Å²) in [6.07, 6.45) is -0.863. The lowest BCUT2D eigenvalue weighted by molar-refractivity contribution is 0.0949. The topological polar surface area (TPSA) is 55.1 Å². The van der Waals surface area contributed by atoms with Gasteiger partial charge in [0, 0.05) is 12.0 Å². The van der Waals surface area contributed by atoms with Crippen LogP contribution in [-0.4, -0.2) is 10.9 Å². The van der Waals surface area contributed by atoms with Crippen molar-refractivity contribution in [3.8, 4) is 0 Å². The molecule has 0 aliphatic carbocycles. The average molecular weight is 298 g/mol. The zero-order valence-corrected chi connectivity index (χ0v) is 11.2. The molecule has 0 spiro atoms. The number of alkyl halides is 2. The number of carbonyl (C=O) groups excluding carboxylic acids is 1. The first kappa shape index (κ1) is 15.1. The number of hydrogen-bond donors (Lipinski definition) is 1. The van der Waals surface area contributed by atoms with E-state index in [9.17, 15) is 18.0 Å². The Kier molecular flexibility index (Phi) is 4.62. The van der Waals surface area contributed by atoms with Crippen molar-refractivity contribution in [2.75, 3.05) is 0 Å². The Balaban J connectivity index is 2.01. The normalized spacial score (nSPS) is 10.9. The van der Waals surface area contributed by atoms with E-state index in [4.69, 9.17) is 4.42 Å². The first-order chi connectivity index (χ1) is 10.0. The van der Waals surface area contributed by atoms with Crippen LogP contribution in [0.4, 0.5) is 13.2 Å². The predicted molar refractivity (Wildman–Crippen MR) is 68.4 cm³/mol. The Hall–Kier alpha value is -2.31. The zero-order valence-electron chi connectivity index (χ0n) is 11.2. The summed E-state index contributed by atoms with van der Waals surface area (Å²) >= 11 is 0. The van der Waals surface area contributed by atoms with Crippen LogP contribution < -0.4 is 5.32 Å². The summed E-state index contributed by atoms with van der Waals surface area (Å²) in [7, 11) is 0. The van der Waals surface area contributed by atoms with E-state index in [0.717, 1.165) is 18.2 Å². The minimum atomic E-state index is -2.91. The van der Waals surface area contributed by atoms with Crippen LogP contribution in [0.15, 0.2) is 28.9 Å². The van der Waals surface area contributed by atoms with Crippen LogP contribution in [-0.2, 0) is 13.0 Å². The molecule has 112 valence electrons. The molecule has 1 heterocycles. The van der Waals surface area contributed by atoms with Gasteiger partial charge in [-0.1, -0.05) is 6.92 Å². The van der Waals surface area contributed by atoms with Crippen molar-refractivity contribution in [2.24, 2.45) is 0 Å². The molecule has 0 fully saturated rings.